The van der Waals surface area contributed by atoms with Crippen LogP contribution < -0.4 is 0 Å². The lowest BCUT2D eigenvalue weighted by atomic mass is 10.2. The van der Waals surface area contributed by atoms with Gasteiger partial charge in [-0.2, -0.15) is 0 Å². The zero-order valence-electron chi connectivity index (χ0n) is 10.4. The fraction of sp³-hybridized carbons (Fsp3) is 0.167. The summed E-state index contributed by atoms with van der Waals surface area (Å²) in [5.41, 5.74) is 3.00. The van der Waals surface area contributed by atoms with Crippen molar-refractivity contribution in [2.45, 2.75) is 13.8 Å². The van der Waals surface area contributed by atoms with Crippen LogP contribution in [0.1, 0.15) is 11.4 Å². The number of aromatic nitrogens is 6. The van der Waals surface area contributed by atoms with Gasteiger partial charge < -0.3 is 4.42 Å². The van der Waals surface area contributed by atoms with Crippen LogP contribution in [-0.2, 0) is 0 Å². The summed E-state index contributed by atoms with van der Waals surface area (Å²) >= 11 is 0. The van der Waals surface area contributed by atoms with Gasteiger partial charge in [-0.25, -0.2) is 19.9 Å². The Morgan fingerprint density at radius 3 is 1.68 bits per heavy atom. The second-order valence-electron chi connectivity index (χ2n) is 3.96. The van der Waals surface area contributed by atoms with Crippen molar-refractivity contribution < 1.29 is 4.42 Å². The highest BCUT2D eigenvalue weighted by molar-refractivity contribution is 5.59. The average Bonchev–Trinajstić information content (AvgIpc) is 2.89. The van der Waals surface area contributed by atoms with Gasteiger partial charge in [0.25, 0.3) is 11.8 Å². The van der Waals surface area contributed by atoms with Gasteiger partial charge in [0.05, 0.1) is 22.5 Å². The zero-order chi connectivity index (χ0) is 13.2. The van der Waals surface area contributed by atoms with Crippen LogP contribution in [0.2, 0.25) is 0 Å². The standard InChI is InChI=1S/C12H10N6O/c1-7-9(3-13-5-15-7)11-17-18-12(19-11)10-4-14-6-16-8(10)2/h3-6H,1-2H3. The quantitative estimate of drug-likeness (QED) is 0.685. The Hall–Kier alpha value is -2.70. The van der Waals surface area contributed by atoms with Gasteiger partial charge in [0.1, 0.15) is 12.7 Å². The molecule has 3 aromatic rings. The third-order valence-corrected chi connectivity index (χ3v) is 2.71. The second kappa shape index (κ2) is 4.52. The van der Waals surface area contributed by atoms with E-state index in [1.54, 1.807) is 12.4 Å². The van der Waals surface area contributed by atoms with E-state index in [1.807, 2.05) is 13.8 Å². The Balaban J connectivity index is 2.06. The Kier molecular flexibility index (Phi) is 2.71. The first-order valence-corrected chi connectivity index (χ1v) is 5.63. The van der Waals surface area contributed by atoms with Crippen molar-refractivity contribution in [2.75, 3.05) is 0 Å². The number of nitrogens with zero attached hydrogens (tertiary/aromatic N) is 6. The number of rotatable bonds is 2. The Morgan fingerprint density at radius 2 is 1.26 bits per heavy atom. The molecule has 3 aromatic heterocycles. The summed E-state index contributed by atoms with van der Waals surface area (Å²) in [7, 11) is 0. The summed E-state index contributed by atoms with van der Waals surface area (Å²) in [6.07, 6.45) is 6.25. The Bertz CT molecular complexity index is 663. The highest BCUT2D eigenvalue weighted by atomic mass is 16.4. The fourth-order valence-corrected chi connectivity index (χ4v) is 1.64. The predicted octanol–water partition coefficient (Wildman–Crippen LogP) is 1.60. The van der Waals surface area contributed by atoms with Crippen LogP contribution in [-0.4, -0.2) is 30.1 Å². The largest absolute Gasteiger partial charge is 0.416 e. The molecule has 0 spiro atoms. The number of hydrogen-bond donors (Lipinski definition) is 0. The summed E-state index contributed by atoms with van der Waals surface area (Å²) in [6.45, 7) is 3.72. The molecule has 0 N–H and O–H groups in total. The van der Waals surface area contributed by atoms with E-state index in [2.05, 4.69) is 30.1 Å². The molecule has 3 rings (SSSR count). The first-order chi connectivity index (χ1) is 9.25. The van der Waals surface area contributed by atoms with Crippen molar-refractivity contribution >= 4 is 0 Å². The van der Waals surface area contributed by atoms with Gasteiger partial charge in [-0.1, -0.05) is 0 Å². The molecule has 0 saturated carbocycles. The summed E-state index contributed by atoms with van der Waals surface area (Å²) in [6, 6.07) is 0. The molecule has 3 heterocycles. The predicted molar refractivity (Wildman–Crippen MR) is 65.8 cm³/mol. The van der Waals surface area contributed by atoms with E-state index in [-0.39, 0.29) is 0 Å². The second-order valence-corrected chi connectivity index (χ2v) is 3.96. The molecule has 0 aliphatic rings. The van der Waals surface area contributed by atoms with Gasteiger partial charge in [-0.05, 0) is 13.8 Å². The summed E-state index contributed by atoms with van der Waals surface area (Å²) in [5.74, 6) is 0.771. The molecule has 0 saturated heterocycles. The lowest BCUT2D eigenvalue weighted by Crippen LogP contribution is -1.88. The van der Waals surface area contributed by atoms with Gasteiger partial charge in [0, 0.05) is 12.4 Å². The van der Waals surface area contributed by atoms with Crippen LogP contribution in [0, 0.1) is 13.8 Å². The van der Waals surface area contributed by atoms with Crippen molar-refractivity contribution in [3.8, 4) is 22.9 Å². The van der Waals surface area contributed by atoms with Crippen LogP contribution in [0.25, 0.3) is 22.9 Å². The molecule has 0 unspecified atom stereocenters. The third kappa shape index (κ3) is 2.05. The summed E-state index contributed by atoms with van der Waals surface area (Å²) in [5, 5.41) is 8.03. The maximum atomic E-state index is 5.64. The topological polar surface area (TPSA) is 90.5 Å². The van der Waals surface area contributed by atoms with E-state index in [0.717, 1.165) is 22.5 Å². The molecule has 0 aliphatic heterocycles. The lowest BCUT2D eigenvalue weighted by molar-refractivity contribution is 0.582. The van der Waals surface area contributed by atoms with Crippen molar-refractivity contribution in [1.82, 2.24) is 30.1 Å². The minimum atomic E-state index is 0.386. The molecule has 0 fully saturated rings. The molecule has 0 bridgehead atoms. The van der Waals surface area contributed by atoms with Crippen molar-refractivity contribution in [2.24, 2.45) is 0 Å². The third-order valence-electron chi connectivity index (χ3n) is 2.71. The number of aryl methyl sites for hydroxylation is 2. The van der Waals surface area contributed by atoms with Crippen LogP contribution in [0.5, 0.6) is 0 Å². The van der Waals surface area contributed by atoms with Crippen LogP contribution in [0.15, 0.2) is 29.5 Å². The lowest BCUT2D eigenvalue weighted by Gasteiger charge is -1.98. The van der Waals surface area contributed by atoms with Crippen LogP contribution in [0.4, 0.5) is 0 Å². The first kappa shape index (κ1) is 11.4. The van der Waals surface area contributed by atoms with Gasteiger partial charge in [0.15, 0.2) is 0 Å². The Morgan fingerprint density at radius 1 is 0.789 bits per heavy atom. The van der Waals surface area contributed by atoms with Gasteiger partial charge in [0.2, 0.25) is 0 Å². The van der Waals surface area contributed by atoms with E-state index >= 15 is 0 Å². The average molecular weight is 254 g/mol. The molecular weight excluding hydrogens is 244 g/mol. The highest BCUT2D eigenvalue weighted by Gasteiger charge is 2.14. The van der Waals surface area contributed by atoms with E-state index in [4.69, 9.17) is 4.42 Å². The molecule has 0 atom stereocenters. The van der Waals surface area contributed by atoms with Gasteiger partial charge >= 0.3 is 0 Å². The van der Waals surface area contributed by atoms with E-state index in [9.17, 15) is 0 Å². The Labute approximate surface area is 108 Å². The molecule has 7 nitrogen and oxygen atoms in total. The van der Waals surface area contributed by atoms with Crippen LogP contribution in [0.3, 0.4) is 0 Å². The van der Waals surface area contributed by atoms with E-state index < -0.39 is 0 Å². The molecule has 0 aliphatic carbocycles. The summed E-state index contributed by atoms with van der Waals surface area (Å²) < 4.78 is 5.64. The molecular formula is C12H10N6O. The molecule has 0 amide bonds. The van der Waals surface area contributed by atoms with E-state index in [0.29, 0.717) is 11.8 Å². The minimum Gasteiger partial charge on any atom is -0.416 e. The number of hydrogen-bond acceptors (Lipinski definition) is 7. The molecule has 7 heteroatoms. The van der Waals surface area contributed by atoms with Crippen molar-refractivity contribution in [1.29, 1.82) is 0 Å². The van der Waals surface area contributed by atoms with E-state index in [1.165, 1.54) is 12.7 Å². The normalized spacial score (nSPS) is 10.6. The SMILES string of the molecule is Cc1ncncc1-c1nnc(-c2cncnc2C)o1. The molecule has 19 heavy (non-hydrogen) atoms. The zero-order valence-corrected chi connectivity index (χ0v) is 10.4. The molecule has 94 valence electrons. The maximum Gasteiger partial charge on any atom is 0.251 e. The monoisotopic (exact) mass is 254 g/mol. The van der Waals surface area contributed by atoms with Crippen LogP contribution >= 0.6 is 0 Å². The van der Waals surface area contributed by atoms with Crippen molar-refractivity contribution in [3.63, 3.8) is 0 Å². The highest BCUT2D eigenvalue weighted by Crippen LogP contribution is 2.25. The smallest absolute Gasteiger partial charge is 0.251 e. The summed E-state index contributed by atoms with van der Waals surface area (Å²) in [4.78, 5) is 16.1. The fourth-order valence-electron chi connectivity index (χ4n) is 1.64. The maximum absolute atomic E-state index is 5.64. The molecule has 0 aromatic carbocycles. The van der Waals surface area contributed by atoms with Gasteiger partial charge in [-0.15, -0.1) is 10.2 Å². The molecule has 0 radical (unpaired) electrons. The first-order valence-electron chi connectivity index (χ1n) is 5.63. The van der Waals surface area contributed by atoms with Crippen molar-refractivity contribution in [3.05, 3.63) is 36.4 Å². The minimum absolute atomic E-state index is 0.386. The van der Waals surface area contributed by atoms with Gasteiger partial charge in [-0.3, -0.25) is 0 Å².